The molecule has 0 saturated carbocycles. The molecule has 0 radical (unpaired) electrons. The molecular weight excluding hydrogens is 237 g/mol. The predicted molar refractivity (Wildman–Crippen MR) is 61.6 cm³/mol. The first-order valence-electron chi connectivity index (χ1n) is 5.60. The number of alkyl halides is 3. The number of piperazine rings is 1. The number of halogens is 3. The molecule has 1 aliphatic heterocycles. The standard InChI is InChI=1S/C10H19F3N2S/c1-3-9-7-15(8(2)6-14-9)4-5-16-10(11,12)13/h8-9,14H,3-7H2,1-2H3. The van der Waals surface area contributed by atoms with E-state index in [2.05, 4.69) is 24.1 Å². The van der Waals surface area contributed by atoms with E-state index in [1.165, 1.54) is 0 Å². The summed E-state index contributed by atoms with van der Waals surface area (Å²) in [5, 5.41) is 3.38. The average Bonchev–Trinajstić information content (AvgIpc) is 2.19. The minimum atomic E-state index is -4.10. The van der Waals surface area contributed by atoms with Gasteiger partial charge < -0.3 is 5.32 Å². The van der Waals surface area contributed by atoms with E-state index in [0.29, 0.717) is 18.6 Å². The Morgan fingerprint density at radius 3 is 2.69 bits per heavy atom. The number of rotatable bonds is 4. The van der Waals surface area contributed by atoms with Crippen molar-refractivity contribution in [1.82, 2.24) is 10.2 Å². The van der Waals surface area contributed by atoms with Crippen molar-refractivity contribution < 1.29 is 13.2 Å². The molecule has 1 rings (SSSR count). The topological polar surface area (TPSA) is 15.3 Å². The molecule has 1 N–H and O–H groups in total. The summed E-state index contributed by atoms with van der Waals surface area (Å²) >= 11 is 0.0760. The van der Waals surface area contributed by atoms with Gasteiger partial charge >= 0.3 is 5.51 Å². The van der Waals surface area contributed by atoms with Crippen molar-refractivity contribution in [2.75, 3.05) is 25.4 Å². The van der Waals surface area contributed by atoms with Gasteiger partial charge in [0.2, 0.25) is 0 Å². The van der Waals surface area contributed by atoms with Crippen molar-refractivity contribution >= 4 is 11.8 Å². The van der Waals surface area contributed by atoms with Gasteiger partial charge in [0, 0.05) is 37.5 Å². The maximum atomic E-state index is 12.0. The minimum Gasteiger partial charge on any atom is -0.311 e. The molecule has 96 valence electrons. The molecule has 0 aromatic rings. The largest absolute Gasteiger partial charge is 0.441 e. The summed E-state index contributed by atoms with van der Waals surface area (Å²) in [6.45, 7) is 6.39. The SMILES string of the molecule is CCC1CN(CCSC(F)(F)F)C(C)CN1. The molecule has 1 heterocycles. The molecule has 2 atom stereocenters. The van der Waals surface area contributed by atoms with Crippen LogP contribution in [0.5, 0.6) is 0 Å². The molecule has 0 amide bonds. The van der Waals surface area contributed by atoms with E-state index in [4.69, 9.17) is 0 Å². The van der Waals surface area contributed by atoms with E-state index in [-0.39, 0.29) is 17.5 Å². The van der Waals surface area contributed by atoms with E-state index < -0.39 is 5.51 Å². The highest BCUT2D eigenvalue weighted by Gasteiger charge is 2.29. The summed E-state index contributed by atoms with van der Waals surface area (Å²) in [6, 6.07) is 0.753. The summed E-state index contributed by atoms with van der Waals surface area (Å²) in [5.74, 6) is 0.129. The van der Waals surface area contributed by atoms with E-state index in [9.17, 15) is 13.2 Å². The molecule has 6 heteroatoms. The summed E-state index contributed by atoms with van der Waals surface area (Å²) in [4.78, 5) is 2.14. The Balaban J connectivity index is 2.28. The van der Waals surface area contributed by atoms with Gasteiger partial charge in [-0.3, -0.25) is 4.90 Å². The van der Waals surface area contributed by atoms with Crippen molar-refractivity contribution in [3.8, 4) is 0 Å². The van der Waals surface area contributed by atoms with Crippen molar-refractivity contribution in [2.24, 2.45) is 0 Å². The third-order valence-electron chi connectivity index (χ3n) is 2.92. The Hall–Kier alpha value is 0.0600. The van der Waals surface area contributed by atoms with Crippen molar-refractivity contribution in [3.05, 3.63) is 0 Å². The van der Waals surface area contributed by atoms with Crippen LogP contribution in [0.1, 0.15) is 20.3 Å². The molecule has 0 aliphatic carbocycles. The number of hydrogen-bond donors (Lipinski definition) is 1. The van der Waals surface area contributed by atoms with E-state index in [1.54, 1.807) is 0 Å². The second-order valence-electron chi connectivity index (χ2n) is 4.15. The van der Waals surface area contributed by atoms with Crippen molar-refractivity contribution in [2.45, 2.75) is 37.9 Å². The lowest BCUT2D eigenvalue weighted by Crippen LogP contribution is -2.55. The zero-order chi connectivity index (χ0) is 12.2. The Bertz CT molecular complexity index is 211. The van der Waals surface area contributed by atoms with Crippen LogP contribution < -0.4 is 5.32 Å². The van der Waals surface area contributed by atoms with E-state index >= 15 is 0 Å². The van der Waals surface area contributed by atoms with E-state index in [0.717, 1.165) is 19.5 Å². The normalized spacial score (nSPS) is 28.3. The molecule has 2 unspecified atom stereocenters. The third-order valence-corrected chi connectivity index (χ3v) is 3.63. The third kappa shape index (κ3) is 4.93. The molecule has 0 aromatic carbocycles. The monoisotopic (exact) mass is 256 g/mol. The Labute approximate surface area is 98.9 Å². The van der Waals surface area contributed by atoms with Crippen LogP contribution >= 0.6 is 11.8 Å². The first-order chi connectivity index (χ1) is 7.42. The van der Waals surface area contributed by atoms with E-state index in [1.807, 2.05) is 0 Å². The van der Waals surface area contributed by atoms with Crippen molar-refractivity contribution in [3.63, 3.8) is 0 Å². The number of thioether (sulfide) groups is 1. The molecule has 1 saturated heterocycles. The highest BCUT2D eigenvalue weighted by Crippen LogP contribution is 2.30. The number of hydrogen-bond acceptors (Lipinski definition) is 3. The molecule has 0 aromatic heterocycles. The smallest absolute Gasteiger partial charge is 0.311 e. The zero-order valence-electron chi connectivity index (χ0n) is 9.68. The van der Waals surface area contributed by atoms with Crippen LogP contribution in [0.4, 0.5) is 13.2 Å². The van der Waals surface area contributed by atoms with Gasteiger partial charge in [-0.2, -0.15) is 13.2 Å². The van der Waals surface area contributed by atoms with Gasteiger partial charge in [0.25, 0.3) is 0 Å². The van der Waals surface area contributed by atoms with Crippen LogP contribution in [0.25, 0.3) is 0 Å². The zero-order valence-corrected chi connectivity index (χ0v) is 10.5. The number of nitrogens with zero attached hydrogens (tertiary/aromatic N) is 1. The maximum absolute atomic E-state index is 12.0. The van der Waals surface area contributed by atoms with Crippen LogP contribution in [0, 0.1) is 0 Å². The molecular formula is C10H19F3N2S. The van der Waals surface area contributed by atoms with Gasteiger partial charge in [-0.1, -0.05) is 6.92 Å². The van der Waals surface area contributed by atoms with Gasteiger partial charge in [0.15, 0.2) is 0 Å². The first kappa shape index (κ1) is 14.1. The van der Waals surface area contributed by atoms with Crippen LogP contribution in [0.3, 0.4) is 0 Å². The Morgan fingerprint density at radius 1 is 1.44 bits per heavy atom. The van der Waals surface area contributed by atoms with Gasteiger partial charge in [-0.15, -0.1) is 0 Å². The van der Waals surface area contributed by atoms with Crippen LogP contribution in [0.2, 0.25) is 0 Å². The molecule has 1 aliphatic rings. The molecule has 16 heavy (non-hydrogen) atoms. The number of nitrogens with one attached hydrogen (secondary N) is 1. The van der Waals surface area contributed by atoms with Gasteiger partial charge in [0.1, 0.15) is 0 Å². The fourth-order valence-electron chi connectivity index (χ4n) is 1.86. The maximum Gasteiger partial charge on any atom is 0.441 e. The van der Waals surface area contributed by atoms with Crippen LogP contribution in [0.15, 0.2) is 0 Å². The van der Waals surface area contributed by atoms with Crippen molar-refractivity contribution in [1.29, 1.82) is 0 Å². The first-order valence-corrected chi connectivity index (χ1v) is 6.59. The highest BCUT2D eigenvalue weighted by molar-refractivity contribution is 8.00. The second kappa shape index (κ2) is 6.12. The second-order valence-corrected chi connectivity index (χ2v) is 5.31. The lowest BCUT2D eigenvalue weighted by Gasteiger charge is -2.38. The Morgan fingerprint density at radius 2 is 2.12 bits per heavy atom. The molecule has 2 nitrogen and oxygen atoms in total. The quantitative estimate of drug-likeness (QED) is 0.831. The summed E-state index contributed by atoms with van der Waals surface area (Å²) in [6.07, 6.45) is 1.02. The molecule has 0 spiro atoms. The summed E-state index contributed by atoms with van der Waals surface area (Å²) < 4.78 is 35.9. The van der Waals surface area contributed by atoms with Crippen LogP contribution in [-0.4, -0.2) is 47.9 Å². The lowest BCUT2D eigenvalue weighted by molar-refractivity contribution is -0.0329. The van der Waals surface area contributed by atoms with Gasteiger partial charge in [-0.25, -0.2) is 0 Å². The van der Waals surface area contributed by atoms with Gasteiger partial charge in [-0.05, 0) is 25.1 Å². The van der Waals surface area contributed by atoms with Gasteiger partial charge in [0.05, 0.1) is 0 Å². The minimum absolute atomic E-state index is 0.0760. The summed E-state index contributed by atoms with van der Waals surface area (Å²) in [5.41, 5.74) is -4.10. The average molecular weight is 256 g/mol. The molecule has 1 fully saturated rings. The lowest BCUT2D eigenvalue weighted by atomic mass is 10.1. The highest BCUT2D eigenvalue weighted by atomic mass is 32.2. The fraction of sp³-hybridized carbons (Fsp3) is 1.00. The predicted octanol–water partition coefficient (Wildman–Crippen LogP) is 2.31. The molecule has 0 bridgehead atoms. The van der Waals surface area contributed by atoms with Crippen LogP contribution in [-0.2, 0) is 0 Å². The summed E-state index contributed by atoms with van der Waals surface area (Å²) in [7, 11) is 0. The fourth-order valence-corrected chi connectivity index (χ4v) is 2.41. The Kier molecular flexibility index (Phi) is 5.40.